The van der Waals surface area contributed by atoms with Gasteiger partial charge in [0.2, 0.25) is 6.29 Å². The van der Waals surface area contributed by atoms with E-state index in [1.54, 1.807) is 25.2 Å². The SMILES string of the molecule is CC.CC.CNc1cc(CO)ccc1OC1OC(CO)C(O)C(O)C1O. The molecule has 0 saturated carbocycles. The van der Waals surface area contributed by atoms with E-state index in [1.165, 1.54) is 0 Å². The number of ether oxygens (including phenoxy) is 2. The van der Waals surface area contributed by atoms with Gasteiger partial charge in [0, 0.05) is 7.05 Å². The standard InChI is InChI=1S/C14H21NO7.2C2H6/c1-15-8-4-7(5-16)2-3-9(8)21-14-13(20)12(19)11(18)10(6-17)22-14;2*1-2/h2-4,10-20H,5-6H2,1H3;2*1-2H3. The van der Waals surface area contributed by atoms with E-state index in [0.717, 1.165) is 0 Å². The molecule has 0 aliphatic carbocycles. The topological polar surface area (TPSA) is 132 Å². The lowest BCUT2D eigenvalue weighted by Gasteiger charge is -2.39. The summed E-state index contributed by atoms with van der Waals surface area (Å²) in [5.74, 6) is 0.337. The molecule has 0 aromatic heterocycles. The van der Waals surface area contributed by atoms with Gasteiger partial charge in [0.1, 0.15) is 30.2 Å². The van der Waals surface area contributed by atoms with Crippen LogP contribution in [-0.2, 0) is 11.3 Å². The Morgan fingerprint density at radius 1 is 1.00 bits per heavy atom. The van der Waals surface area contributed by atoms with Crippen LogP contribution in [0.25, 0.3) is 0 Å². The smallest absolute Gasteiger partial charge is 0.229 e. The summed E-state index contributed by atoms with van der Waals surface area (Å²) < 4.78 is 10.8. The van der Waals surface area contributed by atoms with Gasteiger partial charge in [0.05, 0.1) is 18.9 Å². The number of anilines is 1. The van der Waals surface area contributed by atoms with E-state index in [4.69, 9.17) is 19.7 Å². The van der Waals surface area contributed by atoms with Crippen molar-refractivity contribution in [3.8, 4) is 5.75 Å². The van der Waals surface area contributed by atoms with E-state index in [-0.39, 0.29) is 6.61 Å². The summed E-state index contributed by atoms with van der Waals surface area (Å²) in [5.41, 5.74) is 1.23. The Kier molecular flexibility index (Phi) is 12.2. The summed E-state index contributed by atoms with van der Waals surface area (Å²) in [5, 5.41) is 50.6. The first kappa shape index (κ1) is 24.6. The molecule has 8 nitrogen and oxygen atoms in total. The predicted molar refractivity (Wildman–Crippen MR) is 99.0 cm³/mol. The number of nitrogens with one attached hydrogen (secondary N) is 1. The van der Waals surface area contributed by atoms with E-state index in [1.807, 2.05) is 27.7 Å². The first-order valence-corrected chi connectivity index (χ1v) is 8.90. The molecule has 0 radical (unpaired) electrons. The zero-order chi connectivity index (χ0) is 20.3. The van der Waals surface area contributed by atoms with Gasteiger partial charge in [-0.25, -0.2) is 0 Å². The zero-order valence-electron chi connectivity index (χ0n) is 16.1. The minimum atomic E-state index is -1.49. The number of aliphatic hydroxyl groups is 5. The third-order valence-corrected chi connectivity index (χ3v) is 3.59. The summed E-state index contributed by atoms with van der Waals surface area (Å²) in [6.45, 7) is 7.35. The molecule has 2 rings (SSSR count). The van der Waals surface area contributed by atoms with Crippen molar-refractivity contribution >= 4 is 5.69 Å². The lowest BCUT2D eigenvalue weighted by atomic mass is 9.99. The first-order valence-electron chi connectivity index (χ1n) is 8.90. The molecule has 1 saturated heterocycles. The molecule has 5 atom stereocenters. The number of aliphatic hydroxyl groups excluding tert-OH is 5. The summed E-state index contributed by atoms with van der Waals surface area (Å²) in [4.78, 5) is 0. The lowest BCUT2D eigenvalue weighted by Crippen LogP contribution is -2.60. The van der Waals surface area contributed by atoms with E-state index in [2.05, 4.69) is 5.32 Å². The Morgan fingerprint density at radius 2 is 1.62 bits per heavy atom. The van der Waals surface area contributed by atoms with E-state index in [0.29, 0.717) is 17.0 Å². The molecule has 0 spiro atoms. The quantitative estimate of drug-likeness (QED) is 0.437. The molecule has 1 aliphatic rings. The summed E-state index contributed by atoms with van der Waals surface area (Å²) in [6, 6.07) is 4.89. The van der Waals surface area contributed by atoms with Crippen LogP contribution >= 0.6 is 0 Å². The van der Waals surface area contributed by atoms with Crippen molar-refractivity contribution in [3.05, 3.63) is 23.8 Å². The maximum absolute atomic E-state index is 9.94. The Bertz CT molecular complexity index is 498. The highest BCUT2D eigenvalue weighted by Gasteiger charge is 2.44. The molecule has 152 valence electrons. The highest BCUT2D eigenvalue weighted by molar-refractivity contribution is 5.57. The minimum absolute atomic E-state index is 0.130. The second kappa shape index (κ2) is 12.9. The van der Waals surface area contributed by atoms with Gasteiger partial charge in [0.25, 0.3) is 0 Å². The van der Waals surface area contributed by atoms with Crippen LogP contribution in [0, 0.1) is 0 Å². The van der Waals surface area contributed by atoms with Crippen molar-refractivity contribution in [1.29, 1.82) is 0 Å². The fraction of sp³-hybridized carbons (Fsp3) is 0.667. The van der Waals surface area contributed by atoms with Gasteiger partial charge in [-0.15, -0.1) is 0 Å². The van der Waals surface area contributed by atoms with Gasteiger partial charge >= 0.3 is 0 Å². The maximum Gasteiger partial charge on any atom is 0.229 e. The van der Waals surface area contributed by atoms with Crippen LogP contribution in [0.2, 0.25) is 0 Å². The number of hydrogen-bond acceptors (Lipinski definition) is 8. The molecule has 0 amide bonds. The van der Waals surface area contributed by atoms with Crippen LogP contribution < -0.4 is 10.1 Å². The van der Waals surface area contributed by atoms with Gasteiger partial charge in [-0.1, -0.05) is 33.8 Å². The average Bonchev–Trinajstić information content (AvgIpc) is 2.71. The van der Waals surface area contributed by atoms with E-state index in [9.17, 15) is 15.3 Å². The molecule has 0 bridgehead atoms. The number of benzene rings is 1. The van der Waals surface area contributed by atoms with Gasteiger partial charge in [-0.3, -0.25) is 0 Å². The molecule has 8 heteroatoms. The van der Waals surface area contributed by atoms with Crippen molar-refractivity contribution < 1.29 is 35.0 Å². The molecule has 1 aliphatic heterocycles. The van der Waals surface area contributed by atoms with Crippen LogP contribution in [0.4, 0.5) is 5.69 Å². The maximum atomic E-state index is 9.94. The Labute approximate surface area is 155 Å². The molecule has 6 N–H and O–H groups in total. The fourth-order valence-corrected chi connectivity index (χ4v) is 2.26. The van der Waals surface area contributed by atoms with Crippen LogP contribution in [0.15, 0.2) is 18.2 Å². The molecular formula is C18H33NO7. The van der Waals surface area contributed by atoms with Crippen molar-refractivity contribution in [1.82, 2.24) is 0 Å². The molecule has 1 heterocycles. The summed E-state index contributed by atoms with van der Waals surface area (Å²) in [7, 11) is 1.66. The Hall–Kier alpha value is -1.42. The summed E-state index contributed by atoms with van der Waals surface area (Å²) in [6.07, 6.45) is -6.67. The van der Waals surface area contributed by atoms with Gasteiger partial charge in [-0.05, 0) is 17.7 Å². The second-order valence-corrected chi connectivity index (χ2v) is 5.05. The van der Waals surface area contributed by atoms with E-state index >= 15 is 0 Å². The van der Waals surface area contributed by atoms with Crippen LogP contribution in [0.1, 0.15) is 33.3 Å². The average molecular weight is 375 g/mol. The third-order valence-electron chi connectivity index (χ3n) is 3.59. The van der Waals surface area contributed by atoms with E-state index < -0.39 is 37.3 Å². The van der Waals surface area contributed by atoms with Crippen LogP contribution in [0.5, 0.6) is 5.75 Å². The van der Waals surface area contributed by atoms with Gasteiger partial charge in [0.15, 0.2) is 0 Å². The highest BCUT2D eigenvalue weighted by Crippen LogP contribution is 2.30. The Balaban J connectivity index is 0.00000146. The van der Waals surface area contributed by atoms with Crippen molar-refractivity contribution in [3.63, 3.8) is 0 Å². The molecular weight excluding hydrogens is 342 g/mol. The highest BCUT2D eigenvalue weighted by atomic mass is 16.7. The zero-order valence-corrected chi connectivity index (χ0v) is 16.1. The largest absolute Gasteiger partial charge is 0.460 e. The van der Waals surface area contributed by atoms with Crippen LogP contribution in [-0.4, -0.2) is 69.9 Å². The second-order valence-electron chi connectivity index (χ2n) is 5.05. The fourth-order valence-electron chi connectivity index (χ4n) is 2.26. The van der Waals surface area contributed by atoms with Gasteiger partial charge in [-0.2, -0.15) is 0 Å². The third kappa shape index (κ3) is 6.08. The first-order chi connectivity index (χ1) is 12.5. The van der Waals surface area contributed by atoms with Crippen molar-refractivity contribution in [2.75, 3.05) is 19.0 Å². The minimum Gasteiger partial charge on any atom is -0.460 e. The summed E-state index contributed by atoms with van der Waals surface area (Å²) >= 11 is 0. The predicted octanol–water partition coefficient (Wildman–Crippen LogP) is 0.452. The molecule has 1 aromatic rings. The molecule has 5 unspecified atom stereocenters. The van der Waals surface area contributed by atoms with Crippen LogP contribution in [0.3, 0.4) is 0 Å². The van der Waals surface area contributed by atoms with Gasteiger partial charge < -0.3 is 40.3 Å². The number of hydrogen-bond donors (Lipinski definition) is 6. The molecule has 1 fully saturated rings. The normalized spacial score (nSPS) is 27.4. The Morgan fingerprint density at radius 3 is 2.12 bits per heavy atom. The molecule has 1 aromatic carbocycles. The van der Waals surface area contributed by atoms with Crippen molar-refractivity contribution in [2.24, 2.45) is 0 Å². The monoisotopic (exact) mass is 375 g/mol. The molecule has 26 heavy (non-hydrogen) atoms. The number of rotatable bonds is 5. The van der Waals surface area contributed by atoms with Crippen molar-refractivity contribution in [2.45, 2.75) is 65.0 Å². The lowest BCUT2D eigenvalue weighted by molar-refractivity contribution is -0.277.